The molecule has 154 valence electrons. The van der Waals surface area contributed by atoms with Crippen molar-refractivity contribution in [3.8, 4) is 23.3 Å². The number of benzene rings is 2. The lowest BCUT2D eigenvalue weighted by Crippen LogP contribution is -2.33. The molecule has 1 aromatic heterocycles. The van der Waals surface area contributed by atoms with E-state index in [1.807, 2.05) is 43.3 Å². The van der Waals surface area contributed by atoms with Crippen LogP contribution in [0.4, 0.5) is 0 Å². The molecule has 5 rings (SSSR count). The van der Waals surface area contributed by atoms with Crippen LogP contribution in [0.2, 0.25) is 0 Å². The van der Waals surface area contributed by atoms with Gasteiger partial charge in [-0.3, -0.25) is 4.79 Å². The molecule has 2 aromatic carbocycles. The van der Waals surface area contributed by atoms with Gasteiger partial charge in [0.05, 0.1) is 18.0 Å². The molecule has 0 saturated heterocycles. The van der Waals surface area contributed by atoms with Crippen LogP contribution in [0, 0.1) is 18.3 Å². The van der Waals surface area contributed by atoms with E-state index in [0.29, 0.717) is 34.9 Å². The Morgan fingerprint density at radius 1 is 1.10 bits per heavy atom. The van der Waals surface area contributed by atoms with Crippen molar-refractivity contribution in [2.75, 3.05) is 6.79 Å². The number of aromatic nitrogens is 1. The number of ether oxygens (including phenoxy) is 3. The second-order valence-corrected chi connectivity index (χ2v) is 7.48. The van der Waals surface area contributed by atoms with Crippen LogP contribution >= 0.6 is 0 Å². The number of nitrogens with zero attached hydrogens (tertiary/aromatic N) is 2. The molecule has 2 aliphatic rings. The largest absolute Gasteiger partial charge is 0.454 e. The summed E-state index contributed by atoms with van der Waals surface area (Å²) in [7, 11) is 0. The third-order valence-electron chi connectivity index (χ3n) is 5.60. The lowest BCUT2D eigenvalue weighted by Gasteiger charge is -2.27. The highest BCUT2D eigenvalue weighted by Crippen LogP contribution is 2.43. The van der Waals surface area contributed by atoms with Gasteiger partial charge in [0.2, 0.25) is 12.7 Å². The molecule has 0 aliphatic carbocycles. The van der Waals surface area contributed by atoms with Crippen molar-refractivity contribution >= 4 is 0 Å². The van der Waals surface area contributed by atoms with Crippen molar-refractivity contribution in [2.45, 2.75) is 19.4 Å². The topological polar surface area (TPSA) is 99.5 Å². The summed E-state index contributed by atoms with van der Waals surface area (Å²) in [5, 5.41) is 9.83. The Morgan fingerprint density at radius 3 is 2.65 bits per heavy atom. The summed E-state index contributed by atoms with van der Waals surface area (Å²) in [6.07, 6.45) is 0. The Bertz CT molecular complexity index is 1320. The smallest absolute Gasteiger partial charge is 0.259 e. The summed E-state index contributed by atoms with van der Waals surface area (Å²) in [6.45, 7) is 2.40. The molecule has 2 aliphatic heterocycles. The SMILES string of the molecule is Cc1cc2c(c(=O)n1Cc1ccccc1)[C@@H](c1ccc3c(c1)OCO3)C(C#N)=C(N)O2. The van der Waals surface area contributed by atoms with E-state index in [0.717, 1.165) is 11.3 Å². The molecule has 0 fully saturated rings. The molecule has 2 N–H and O–H groups in total. The predicted molar refractivity (Wildman–Crippen MR) is 113 cm³/mol. The third-order valence-corrected chi connectivity index (χ3v) is 5.60. The maximum Gasteiger partial charge on any atom is 0.259 e. The number of nitriles is 1. The fourth-order valence-corrected chi connectivity index (χ4v) is 4.07. The van der Waals surface area contributed by atoms with Gasteiger partial charge in [0.1, 0.15) is 17.4 Å². The Hall–Kier alpha value is -4.18. The minimum absolute atomic E-state index is 0.00252. The molecule has 0 radical (unpaired) electrons. The Balaban J connectivity index is 1.70. The summed E-state index contributed by atoms with van der Waals surface area (Å²) in [5.74, 6) is 0.886. The maximum atomic E-state index is 13.7. The number of hydrogen-bond donors (Lipinski definition) is 1. The zero-order chi connectivity index (χ0) is 21.5. The van der Waals surface area contributed by atoms with Crippen molar-refractivity contribution in [3.05, 3.63) is 98.8 Å². The van der Waals surface area contributed by atoms with Crippen molar-refractivity contribution in [2.24, 2.45) is 5.73 Å². The maximum absolute atomic E-state index is 13.7. The molecule has 0 unspecified atom stereocenters. The van der Waals surface area contributed by atoms with E-state index in [9.17, 15) is 10.1 Å². The minimum atomic E-state index is -0.668. The lowest BCUT2D eigenvalue weighted by molar-refractivity contribution is 0.174. The van der Waals surface area contributed by atoms with Gasteiger partial charge in [0.25, 0.3) is 5.56 Å². The van der Waals surface area contributed by atoms with Gasteiger partial charge in [-0.05, 0) is 30.2 Å². The highest BCUT2D eigenvalue weighted by atomic mass is 16.7. The molecule has 0 bridgehead atoms. The molecule has 7 nitrogen and oxygen atoms in total. The number of allylic oxidation sites excluding steroid dienone is 1. The van der Waals surface area contributed by atoms with E-state index in [1.165, 1.54) is 0 Å². The first kappa shape index (κ1) is 18.8. The fraction of sp³-hybridized carbons (Fsp3) is 0.167. The van der Waals surface area contributed by atoms with Crippen LogP contribution in [0.25, 0.3) is 0 Å². The fourth-order valence-electron chi connectivity index (χ4n) is 4.07. The first-order valence-corrected chi connectivity index (χ1v) is 9.82. The molecule has 3 aromatic rings. The van der Waals surface area contributed by atoms with Crippen LogP contribution in [0.5, 0.6) is 17.2 Å². The Labute approximate surface area is 178 Å². The van der Waals surface area contributed by atoms with Crippen LogP contribution in [0.15, 0.2) is 70.8 Å². The molecule has 0 saturated carbocycles. The normalized spacial score (nSPS) is 16.5. The monoisotopic (exact) mass is 413 g/mol. The van der Waals surface area contributed by atoms with Gasteiger partial charge in [-0.25, -0.2) is 0 Å². The number of nitrogens with two attached hydrogens (primary N) is 1. The number of hydrogen-bond acceptors (Lipinski definition) is 6. The van der Waals surface area contributed by atoms with E-state index >= 15 is 0 Å². The van der Waals surface area contributed by atoms with E-state index < -0.39 is 5.92 Å². The summed E-state index contributed by atoms with van der Waals surface area (Å²) >= 11 is 0. The van der Waals surface area contributed by atoms with Crippen molar-refractivity contribution < 1.29 is 14.2 Å². The van der Waals surface area contributed by atoms with Gasteiger partial charge >= 0.3 is 0 Å². The van der Waals surface area contributed by atoms with Crippen LogP contribution in [-0.2, 0) is 6.54 Å². The van der Waals surface area contributed by atoms with Gasteiger partial charge < -0.3 is 24.5 Å². The molecule has 7 heteroatoms. The summed E-state index contributed by atoms with van der Waals surface area (Å²) in [4.78, 5) is 13.7. The zero-order valence-corrected chi connectivity index (χ0v) is 16.8. The van der Waals surface area contributed by atoms with E-state index in [1.54, 1.807) is 22.8 Å². The molecule has 0 spiro atoms. The first-order valence-electron chi connectivity index (χ1n) is 9.82. The summed E-state index contributed by atoms with van der Waals surface area (Å²) in [6, 6.07) is 19.0. The molecule has 1 atom stereocenters. The van der Waals surface area contributed by atoms with Gasteiger partial charge in [0, 0.05) is 11.8 Å². The molecular formula is C24H19N3O4. The average molecular weight is 413 g/mol. The lowest BCUT2D eigenvalue weighted by atomic mass is 9.84. The standard InChI is InChI=1S/C24H19N3O4/c1-14-9-20-22(24(28)27(14)12-15-5-3-2-4-6-15)21(17(11-25)23(26)31-20)16-7-8-18-19(10-16)30-13-29-18/h2-10,21H,12-13,26H2,1H3/t21-/m0/s1. The molecular weight excluding hydrogens is 394 g/mol. The molecule has 3 heterocycles. The second-order valence-electron chi connectivity index (χ2n) is 7.48. The van der Waals surface area contributed by atoms with Crippen LogP contribution in [-0.4, -0.2) is 11.4 Å². The quantitative estimate of drug-likeness (QED) is 0.708. The second kappa shape index (κ2) is 7.26. The Kier molecular flexibility index (Phi) is 4.41. The number of fused-ring (bicyclic) bond motifs is 2. The van der Waals surface area contributed by atoms with Crippen LogP contribution < -0.4 is 25.5 Å². The van der Waals surface area contributed by atoms with E-state index in [-0.39, 0.29) is 23.8 Å². The summed E-state index contributed by atoms with van der Waals surface area (Å²) < 4.78 is 18.3. The number of rotatable bonds is 3. The first-order chi connectivity index (χ1) is 15.1. The summed E-state index contributed by atoms with van der Waals surface area (Å²) in [5.41, 5.74) is 8.88. The van der Waals surface area contributed by atoms with Gasteiger partial charge in [-0.1, -0.05) is 36.4 Å². The molecule has 0 amide bonds. The minimum Gasteiger partial charge on any atom is -0.454 e. The van der Waals surface area contributed by atoms with E-state index in [4.69, 9.17) is 19.9 Å². The zero-order valence-electron chi connectivity index (χ0n) is 16.8. The van der Waals surface area contributed by atoms with Gasteiger partial charge in [-0.15, -0.1) is 0 Å². The van der Waals surface area contributed by atoms with Crippen LogP contribution in [0.3, 0.4) is 0 Å². The number of aryl methyl sites for hydroxylation is 1. The van der Waals surface area contributed by atoms with E-state index in [2.05, 4.69) is 6.07 Å². The van der Waals surface area contributed by atoms with Crippen LogP contribution in [0.1, 0.15) is 28.3 Å². The van der Waals surface area contributed by atoms with Crippen molar-refractivity contribution in [1.82, 2.24) is 4.57 Å². The number of pyridine rings is 1. The van der Waals surface area contributed by atoms with Crippen molar-refractivity contribution in [3.63, 3.8) is 0 Å². The van der Waals surface area contributed by atoms with Gasteiger partial charge in [-0.2, -0.15) is 5.26 Å². The molecule has 31 heavy (non-hydrogen) atoms. The van der Waals surface area contributed by atoms with Gasteiger partial charge in [0.15, 0.2) is 11.5 Å². The highest BCUT2D eigenvalue weighted by molar-refractivity contribution is 5.57. The average Bonchev–Trinajstić information content (AvgIpc) is 3.24. The predicted octanol–water partition coefficient (Wildman–Crippen LogP) is 3.15. The highest BCUT2D eigenvalue weighted by Gasteiger charge is 2.35. The van der Waals surface area contributed by atoms with Crippen molar-refractivity contribution in [1.29, 1.82) is 5.26 Å². The third kappa shape index (κ3) is 3.09. The Morgan fingerprint density at radius 2 is 1.87 bits per heavy atom.